The van der Waals surface area contributed by atoms with Crippen LogP contribution in [0.4, 0.5) is 5.13 Å². The number of carbonyl (C=O) groups excluding carboxylic acids is 1. The maximum absolute atomic E-state index is 12.0. The van der Waals surface area contributed by atoms with Crippen molar-refractivity contribution in [3.63, 3.8) is 0 Å². The Labute approximate surface area is 112 Å². The lowest BCUT2D eigenvalue weighted by atomic mass is 9.88. The van der Waals surface area contributed by atoms with Crippen LogP contribution in [0.5, 0.6) is 0 Å². The fourth-order valence-corrected chi connectivity index (χ4v) is 2.13. The molecule has 1 atom stereocenters. The second-order valence-corrected chi connectivity index (χ2v) is 6.40. The molecule has 0 radical (unpaired) electrons. The number of hydrogen-bond acceptors (Lipinski definition) is 4. The van der Waals surface area contributed by atoms with Crippen LogP contribution in [-0.4, -0.2) is 10.9 Å². The molecular formula is C13H19N3OS. The van der Waals surface area contributed by atoms with Gasteiger partial charge in [-0.2, -0.15) is 5.26 Å². The second kappa shape index (κ2) is 5.07. The first-order valence-corrected chi connectivity index (χ1v) is 6.79. The molecule has 1 rings (SSSR count). The molecule has 98 valence electrons. The van der Waals surface area contributed by atoms with Gasteiger partial charge in [-0.05, 0) is 13.3 Å². The largest absolute Gasteiger partial charge is 0.301 e. The number of anilines is 1. The van der Waals surface area contributed by atoms with Crippen molar-refractivity contribution in [3.8, 4) is 6.07 Å². The van der Waals surface area contributed by atoms with Crippen molar-refractivity contribution in [1.82, 2.24) is 4.98 Å². The average Bonchev–Trinajstić information content (AvgIpc) is 2.76. The van der Waals surface area contributed by atoms with Gasteiger partial charge in [0.2, 0.25) is 5.91 Å². The van der Waals surface area contributed by atoms with Crippen LogP contribution in [0.2, 0.25) is 0 Å². The topological polar surface area (TPSA) is 65.8 Å². The van der Waals surface area contributed by atoms with Gasteiger partial charge in [0, 0.05) is 10.8 Å². The lowest BCUT2D eigenvalue weighted by molar-refractivity contribution is -0.122. The van der Waals surface area contributed by atoms with E-state index < -0.39 is 5.41 Å². The Balaban J connectivity index is 2.84. The smallest absolute Gasteiger partial charge is 0.246 e. The van der Waals surface area contributed by atoms with Crippen molar-refractivity contribution in [2.24, 2.45) is 5.41 Å². The lowest BCUT2D eigenvalue weighted by Crippen LogP contribution is -2.31. The van der Waals surface area contributed by atoms with Gasteiger partial charge < -0.3 is 5.32 Å². The Kier molecular flexibility index (Phi) is 4.12. The van der Waals surface area contributed by atoms with Crippen molar-refractivity contribution in [3.05, 3.63) is 11.1 Å². The maximum Gasteiger partial charge on any atom is 0.246 e. The van der Waals surface area contributed by atoms with Gasteiger partial charge in [-0.3, -0.25) is 4.79 Å². The van der Waals surface area contributed by atoms with Crippen LogP contribution in [0, 0.1) is 16.7 Å². The summed E-state index contributed by atoms with van der Waals surface area (Å²) < 4.78 is 0. The van der Waals surface area contributed by atoms with E-state index in [1.54, 1.807) is 6.92 Å². The number of rotatable bonds is 3. The summed E-state index contributed by atoms with van der Waals surface area (Å²) in [5.74, 6) is -0.290. The molecule has 1 N–H and O–H groups in total. The van der Waals surface area contributed by atoms with Crippen LogP contribution in [-0.2, 0) is 10.2 Å². The summed E-state index contributed by atoms with van der Waals surface area (Å²) in [6.07, 6.45) is 0.479. The standard InChI is InChI=1S/C13H19N3OS/c1-6-13(5,8-14)10(17)16-11-15-9(7-18-11)12(2,3)4/h7H,6H2,1-5H3,(H,15,16,17). The molecule has 0 aliphatic heterocycles. The molecule has 0 fully saturated rings. The van der Waals surface area contributed by atoms with Gasteiger partial charge in [-0.1, -0.05) is 27.7 Å². The predicted molar refractivity (Wildman–Crippen MR) is 73.5 cm³/mol. The van der Waals surface area contributed by atoms with E-state index in [4.69, 9.17) is 5.26 Å². The lowest BCUT2D eigenvalue weighted by Gasteiger charge is -2.17. The van der Waals surface area contributed by atoms with Crippen LogP contribution in [0.1, 0.15) is 46.7 Å². The van der Waals surface area contributed by atoms with Gasteiger partial charge in [0.15, 0.2) is 5.13 Å². The molecule has 0 saturated carbocycles. The summed E-state index contributed by atoms with van der Waals surface area (Å²) in [5.41, 5.74) is -0.0889. The van der Waals surface area contributed by atoms with E-state index in [0.29, 0.717) is 11.6 Å². The zero-order chi connectivity index (χ0) is 14.0. The van der Waals surface area contributed by atoms with E-state index in [1.165, 1.54) is 11.3 Å². The molecule has 1 heterocycles. The van der Waals surface area contributed by atoms with E-state index in [0.717, 1.165) is 5.69 Å². The fraction of sp³-hybridized carbons (Fsp3) is 0.615. The van der Waals surface area contributed by atoms with Gasteiger partial charge in [0.05, 0.1) is 11.8 Å². The van der Waals surface area contributed by atoms with Crippen molar-refractivity contribution in [2.75, 3.05) is 5.32 Å². The molecule has 0 aliphatic rings. The predicted octanol–water partition coefficient (Wildman–Crippen LogP) is 3.32. The summed E-state index contributed by atoms with van der Waals surface area (Å²) in [6.45, 7) is 9.67. The number of thiazole rings is 1. The zero-order valence-corrected chi connectivity index (χ0v) is 12.3. The second-order valence-electron chi connectivity index (χ2n) is 5.54. The normalized spacial score (nSPS) is 14.7. The molecule has 1 amide bonds. The molecule has 0 aromatic carbocycles. The Hall–Kier alpha value is -1.41. The third-order valence-corrected chi connectivity index (χ3v) is 3.71. The highest BCUT2D eigenvalue weighted by Gasteiger charge is 2.32. The van der Waals surface area contributed by atoms with Crippen LogP contribution >= 0.6 is 11.3 Å². The van der Waals surface area contributed by atoms with Crippen molar-refractivity contribution in [2.45, 2.75) is 46.5 Å². The minimum absolute atomic E-state index is 0.0389. The number of nitrogens with zero attached hydrogens (tertiary/aromatic N) is 2. The van der Waals surface area contributed by atoms with Gasteiger partial charge in [-0.25, -0.2) is 4.98 Å². The first-order chi connectivity index (χ1) is 8.23. The number of nitriles is 1. The quantitative estimate of drug-likeness (QED) is 0.911. The molecule has 18 heavy (non-hydrogen) atoms. The fourth-order valence-electron chi connectivity index (χ4n) is 1.20. The number of nitrogens with one attached hydrogen (secondary N) is 1. The zero-order valence-electron chi connectivity index (χ0n) is 11.5. The molecule has 1 aromatic rings. The van der Waals surface area contributed by atoms with Crippen LogP contribution < -0.4 is 5.32 Å². The highest BCUT2D eigenvalue weighted by atomic mass is 32.1. The Bertz CT molecular complexity index is 481. The molecule has 0 spiro atoms. The van der Waals surface area contributed by atoms with Gasteiger partial charge in [-0.15, -0.1) is 11.3 Å². The SMILES string of the molecule is CCC(C)(C#N)C(=O)Nc1nc(C(C)(C)C)cs1. The van der Waals surface area contributed by atoms with Crippen molar-refractivity contribution < 1.29 is 4.79 Å². The molecule has 1 aromatic heterocycles. The number of carbonyl (C=O) groups is 1. The third kappa shape index (κ3) is 3.08. The minimum atomic E-state index is -0.992. The van der Waals surface area contributed by atoms with Crippen LogP contribution in [0.3, 0.4) is 0 Å². The summed E-state index contributed by atoms with van der Waals surface area (Å²) in [7, 11) is 0. The van der Waals surface area contributed by atoms with Gasteiger partial charge in [0.1, 0.15) is 5.41 Å². The van der Waals surface area contributed by atoms with E-state index in [2.05, 4.69) is 31.1 Å². The molecule has 1 unspecified atom stereocenters. The summed E-state index contributed by atoms with van der Waals surface area (Å²) >= 11 is 1.39. The molecule has 0 bridgehead atoms. The molecule has 4 nitrogen and oxygen atoms in total. The number of aromatic nitrogens is 1. The average molecular weight is 265 g/mol. The Morgan fingerprint density at radius 1 is 1.50 bits per heavy atom. The first-order valence-electron chi connectivity index (χ1n) is 5.91. The van der Waals surface area contributed by atoms with Gasteiger partial charge >= 0.3 is 0 Å². The monoisotopic (exact) mass is 265 g/mol. The molecule has 5 heteroatoms. The van der Waals surface area contributed by atoms with Crippen molar-refractivity contribution in [1.29, 1.82) is 5.26 Å². The molecular weight excluding hydrogens is 246 g/mol. The van der Waals surface area contributed by atoms with Gasteiger partial charge in [0.25, 0.3) is 0 Å². The van der Waals surface area contributed by atoms with E-state index in [9.17, 15) is 4.79 Å². The maximum atomic E-state index is 12.0. The summed E-state index contributed by atoms with van der Waals surface area (Å²) in [6, 6.07) is 2.05. The summed E-state index contributed by atoms with van der Waals surface area (Å²) in [4.78, 5) is 16.4. The number of hydrogen-bond donors (Lipinski definition) is 1. The van der Waals surface area contributed by atoms with E-state index in [1.807, 2.05) is 18.4 Å². The van der Waals surface area contributed by atoms with Crippen LogP contribution in [0.15, 0.2) is 5.38 Å². The van der Waals surface area contributed by atoms with E-state index >= 15 is 0 Å². The van der Waals surface area contributed by atoms with Crippen LogP contribution in [0.25, 0.3) is 0 Å². The minimum Gasteiger partial charge on any atom is -0.301 e. The van der Waals surface area contributed by atoms with Crippen molar-refractivity contribution >= 4 is 22.4 Å². The highest BCUT2D eigenvalue weighted by molar-refractivity contribution is 7.14. The first kappa shape index (κ1) is 14.7. The third-order valence-electron chi connectivity index (χ3n) is 2.95. The molecule has 0 saturated heterocycles. The Morgan fingerprint density at radius 2 is 2.11 bits per heavy atom. The number of amides is 1. The highest BCUT2D eigenvalue weighted by Crippen LogP contribution is 2.28. The Morgan fingerprint density at radius 3 is 2.50 bits per heavy atom. The summed E-state index contributed by atoms with van der Waals surface area (Å²) in [5, 5.41) is 14.3. The van der Waals surface area contributed by atoms with E-state index in [-0.39, 0.29) is 11.3 Å². The molecule has 0 aliphatic carbocycles.